The van der Waals surface area contributed by atoms with Crippen LogP contribution in [0.15, 0.2) is 54.6 Å². The van der Waals surface area contributed by atoms with Gasteiger partial charge in [0, 0.05) is 30.5 Å². The molecule has 0 bridgehead atoms. The lowest BCUT2D eigenvalue weighted by Crippen LogP contribution is -2.26. The molecule has 2 aromatic carbocycles. The number of nitrogens with zero attached hydrogens (tertiary/aromatic N) is 2. The van der Waals surface area contributed by atoms with E-state index in [1.54, 1.807) is 4.90 Å². The van der Waals surface area contributed by atoms with E-state index >= 15 is 0 Å². The van der Waals surface area contributed by atoms with Crippen LogP contribution in [0.1, 0.15) is 13.8 Å². The van der Waals surface area contributed by atoms with Crippen molar-refractivity contribution >= 4 is 17.5 Å². The lowest BCUT2D eigenvalue weighted by Gasteiger charge is -2.21. The van der Waals surface area contributed by atoms with Crippen LogP contribution in [-0.2, 0) is 4.74 Å². The number of benzene rings is 2. The molecular formula is C20H24N2O3. The maximum Gasteiger partial charge on any atom is 0.414 e. The van der Waals surface area contributed by atoms with Crippen LogP contribution in [0.3, 0.4) is 0 Å². The largest absolute Gasteiger partial charge is 0.490 e. The van der Waals surface area contributed by atoms with Gasteiger partial charge in [-0.15, -0.1) is 0 Å². The molecule has 25 heavy (non-hydrogen) atoms. The van der Waals surface area contributed by atoms with Crippen LogP contribution >= 0.6 is 0 Å². The molecule has 0 N–H and O–H groups in total. The first-order valence-corrected chi connectivity index (χ1v) is 8.72. The molecule has 1 fully saturated rings. The van der Waals surface area contributed by atoms with Crippen LogP contribution in [0.4, 0.5) is 16.2 Å². The summed E-state index contributed by atoms with van der Waals surface area (Å²) in [5.74, 6) is 0.790. The molecular weight excluding hydrogens is 316 g/mol. The Labute approximate surface area is 148 Å². The average Bonchev–Trinajstić information content (AvgIpc) is 3.03. The maximum absolute atomic E-state index is 12.1. The summed E-state index contributed by atoms with van der Waals surface area (Å²) in [5.41, 5.74) is 1.98. The highest BCUT2D eigenvalue weighted by atomic mass is 16.6. The van der Waals surface area contributed by atoms with Gasteiger partial charge in [-0.2, -0.15) is 0 Å². The Morgan fingerprint density at radius 3 is 2.60 bits per heavy atom. The fourth-order valence-electron chi connectivity index (χ4n) is 2.98. The van der Waals surface area contributed by atoms with Crippen molar-refractivity contribution in [3.8, 4) is 5.75 Å². The van der Waals surface area contributed by atoms with Gasteiger partial charge in [0.15, 0.2) is 6.10 Å². The number of carbonyl (C=O) groups excluding carboxylic acids is 1. The Hall–Kier alpha value is -2.69. The highest BCUT2D eigenvalue weighted by molar-refractivity contribution is 5.89. The zero-order valence-electron chi connectivity index (χ0n) is 14.7. The van der Waals surface area contributed by atoms with Gasteiger partial charge in [-0.25, -0.2) is 4.79 Å². The number of amides is 1. The minimum Gasteiger partial charge on any atom is -0.490 e. The molecule has 1 atom stereocenters. The Kier molecular flexibility index (Phi) is 5.43. The van der Waals surface area contributed by atoms with Crippen molar-refractivity contribution in [3.05, 3.63) is 54.6 Å². The summed E-state index contributed by atoms with van der Waals surface area (Å²) >= 11 is 0. The van der Waals surface area contributed by atoms with Gasteiger partial charge in [-0.05, 0) is 38.1 Å². The Bertz CT molecular complexity index is 701. The van der Waals surface area contributed by atoms with Gasteiger partial charge >= 0.3 is 6.09 Å². The van der Waals surface area contributed by atoms with E-state index in [2.05, 4.69) is 24.8 Å². The lowest BCUT2D eigenvalue weighted by atomic mass is 10.2. The van der Waals surface area contributed by atoms with Gasteiger partial charge in [0.2, 0.25) is 0 Å². The van der Waals surface area contributed by atoms with Gasteiger partial charge in [-0.3, -0.25) is 4.90 Å². The summed E-state index contributed by atoms with van der Waals surface area (Å²) in [4.78, 5) is 16.0. The normalized spacial score (nSPS) is 16.6. The molecule has 5 heteroatoms. The van der Waals surface area contributed by atoms with Crippen LogP contribution in [0.5, 0.6) is 5.75 Å². The lowest BCUT2D eigenvalue weighted by molar-refractivity contribution is 0.105. The molecule has 0 spiro atoms. The second kappa shape index (κ2) is 7.92. The molecule has 1 saturated heterocycles. The zero-order valence-corrected chi connectivity index (χ0v) is 14.7. The molecule has 0 aliphatic carbocycles. The Balaban J connectivity index is 1.59. The minimum absolute atomic E-state index is 0.273. The summed E-state index contributed by atoms with van der Waals surface area (Å²) in [6, 6.07) is 17.6. The number of anilines is 2. The van der Waals surface area contributed by atoms with E-state index in [1.807, 2.05) is 48.5 Å². The number of hydrogen-bond donors (Lipinski definition) is 0. The topological polar surface area (TPSA) is 42.0 Å². The second-order valence-electron chi connectivity index (χ2n) is 5.93. The number of para-hydroxylation sites is 1. The Morgan fingerprint density at radius 2 is 1.88 bits per heavy atom. The molecule has 0 radical (unpaired) electrons. The van der Waals surface area contributed by atoms with Crippen LogP contribution < -0.4 is 14.5 Å². The van der Waals surface area contributed by atoms with E-state index in [1.165, 1.54) is 0 Å². The molecule has 2 aromatic rings. The predicted octanol–water partition coefficient (Wildman–Crippen LogP) is 3.94. The van der Waals surface area contributed by atoms with Gasteiger partial charge in [0.1, 0.15) is 12.4 Å². The van der Waals surface area contributed by atoms with E-state index in [9.17, 15) is 4.79 Å². The summed E-state index contributed by atoms with van der Waals surface area (Å²) in [7, 11) is 0. The number of rotatable bonds is 7. The molecule has 1 aliphatic heterocycles. The van der Waals surface area contributed by atoms with Crippen LogP contribution in [-0.4, -0.2) is 38.4 Å². The maximum atomic E-state index is 12.1. The number of carbonyl (C=O) groups is 1. The minimum atomic E-state index is -0.323. The standard InChI is InChI=1S/C20H24N2O3/c1-3-21(4-2)17-11-8-12-18(13-17)24-15-19-14-22(20(23)25-19)16-9-6-5-7-10-16/h5-13,19H,3-4,14-15H2,1-2H3. The molecule has 1 heterocycles. The quantitative estimate of drug-likeness (QED) is 0.766. The first-order chi connectivity index (χ1) is 12.2. The van der Waals surface area contributed by atoms with E-state index in [0.29, 0.717) is 13.2 Å². The second-order valence-corrected chi connectivity index (χ2v) is 5.93. The molecule has 5 nitrogen and oxygen atoms in total. The fourth-order valence-corrected chi connectivity index (χ4v) is 2.98. The van der Waals surface area contributed by atoms with E-state index in [4.69, 9.17) is 9.47 Å². The van der Waals surface area contributed by atoms with Crippen molar-refractivity contribution in [2.24, 2.45) is 0 Å². The fraction of sp³-hybridized carbons (Fsp3) is 0.350. The Morgan fingerprint density at radius 1 is 1.12 bits per heavy atom. The third-order valence-corrected chi connectivity index (χ3v) is 4.32. The molecule has 1 unspecified atom stereocenters. The van der Waals surface area contributed by atoms with Crippen molar-refractivity contribution in [3.63, 3.8) is 0 Å². The van der Waals surface area contributed by atoms with Gasteiger partial charge in [0.25, 0.3) is 0 Å². The molecule has 0 aromatic heterocycles. The number of hydrogen-bond acceptors (Lipinski definition) is 4. The van der Waals surface area contributed by atoms with Crippen molar-refractivity contribution in [1.29, 1.82) is 0 Å². The smallest absolute Gasteiger partial charge is 0.414 e. The van der Waals surface area contributed by atoms with Gasteiger partial charge in [-0.1, -0.05) is 24.3 Å². The molecule has 1 amide bonds. The molecule has 0 saturated carbocycles. The average molecular weight is 340 g/mol. The SMILES string of the molecule is CCN(CC)c1cccc(OCC2CN(c3ccccc3)C(=O)O2)c1. The highest BCUT2D eigenvalue weighted by Gasteiger charge is 2.32. The molecule has 1 aliphatic rings. The monoisotopic (exact) mass is 340 g/mol. The van der Waals surface area contributed by atoms with Crippen LogP contribution in [0, 0.1) is 0 Å². The van der Waals surface area contributed by atoms with Crippen LogP contribution in [0.25, 0.3) is 0 Å². The highest BCUT2D eigenvalue weighted by Crippen LogP contribution is 2.24. The number of ether oxygens (including phenoxy) is 2. The van der Waals surface area contributed by atoms with E-state index in [-0.39, 0.29) is 12.2 Å². The first-order valence-electron chi connectivity index (χ1n) is 8.72. The summed E-state index contributed by atoms with van der Waals surface area (Å²) in [5, 5.41) is 0. The zero-order chi connectivity index (χ0) is 17.6. The summed E-state index contributed by atoms with van der Waals surface area (Å²) in [6.07, 6.45) is -0.596. The first kappa shape index (κ1) is 17.1. The van der Waals surface area contributed by atoms with Crippen molar-refractivity contribution in [2.75, 3.05) is 36.0 Å². The summed E-state index contributed by atoms with van der Waals surface area (Å²) in [6.45, 7) is 7.01. The third kappa shape index (κ3) is 4.05. The van der Waals surface area contributed by atoms with E-state index < -0.39 is 0 Å². The van der Waals surface area contributed by atoms with Gasteiger partial charge < -0.3 is 14.4 Å². The van der Waals surface area contributed by atoms with Crippen molar-refractivity contribution in [2.45, 2.75) is 20.0 Å². The predicted molar refractivity (Wildman–Crippen MR) is 99.6 cm³/mol. The van der Waals surface area contributed by atoms with E-state index in [0.717, 1.165) is 30.2 Å². The summed E-state index contributed by atoms with van der Waals surface area (Å²) < 4.78 is 11.3. The molecule has 132 valence electrons. The van der Waals surface area contributed by atoms with Crippen molar-refractivity contribution < 1.29 is 14.3 Å². The van der Waals surface area contributed by atoms with Gasteiger partial charge in [0.05, 0.1) is 6.54 Å². The van der Waals surface area contributed by atoms with Crippen molar-refractivity contribution in [1.82, 2.24) is 0 Å². The van der Waals surface area contributed by atoms with Crippen LogP contribution in [0.2, 0.25) is 0 Å². The number of cyclic esters (lactones) is 1. The molecule has 3 rings (SSSR count). The third-order valence-electron chi connectivity index (χ3n) is 4.32.